The van der Waals surface area contributed by atoms with Crippen molar-refractivity contribution in [3.05, 3.63) is 113 Å². The largest absolute Gasteiger partial charge is 0.400 e. The van der Waals surface area contributed by atoms with Crippen LogP contribution < -0.4 is 15.4 Å². The lowest BCUT2D eigenvalue weighted by molar-refractivity contribution is 0.490. The van der Waals surface area contributed by atoms with Gasteiger partial charge in [-0.2, -0.15) is 0 Å². The lowest BCUT2D eigenvalue weighted by Gasteiger charge is -2.42. The number of anilines is 1. The van der Waals surface area contributed by atoms with Crippen molar-refractivity contribution >= 4 is 24.3 Å². The molecule has 1 nitrogen and oxygen atoms in total. The summed E-state index contributed by atoms with van der Waals surface area (Å²) in [5.41, 5.74) is 4.38. The Bertz CT molecular complexity index is 1100. The molecular weight excluding hydrogens is 414 g/mol. The van der Waals surface area contributed by atoms with Gasteiger partial charge < -0.3 is 4.98 Å². The van der Waals surface area contributed by atoms with Gasteiger partial charge in [0.2, 0.25) is 0 Å². The molecule has 0 radical (unpaired) electrons. The van der Waals surface area contributed by atoms with E-state index in [1.165, 1.54) is 21.6 Å². The second-order valence-electron chi connectivity index (χ2n) is 11.1. The van der Waals surface area contributed by atoms with Gasteiger partial charge in [-0.15, -0.1) is 0 Å². The van der Waals surface area contributed by atoms with E-state index in [1.807, 2.05) is 0 Å². The van der Waals surface area contributed by atoms with Gasteiger partial charge in [0.05, 0.1) is 0 Å². The highest BCUT2D eigenvalue weighted by molar-refractivity contribution is 7.10. The zero-order chi connectivity index (χ0) is 23.7. The van der Waals surface area contributed by atoms with Crippen molar-refractivity contribution in [2.75, 3.05) is 4.98 Å². The van der Waals surface area contributed by atoms with Crippen LogP contribution in [0.4, 0.5) is 5.69 Å². The van der Waals surface area contributed by atoms with Gasteiger partial charge in [0.15, 0.2) is 0 Å². The Morgan fingerprint density at radius 2 is 1.06 bits per heavy atom. The van der Waals surface area contributed by atoms with Gasteiger partial charge in [0.1, 0.15) is 0 Å². The molecule has 3 aromatic rings. The van der Waals surface area contributed by atoms with E-state index in [2.05, 4.69) is 144 Å². The topological polar surface area (TPSA) is 12.0 Å². The Hall–Kier alpha value is -2.84. The van der Waals surface area contributed by atoms with E-state index in [1.54, 1.807) is 10.8 Å². The minimum Gasteiger partial charge on any atom is -0.400 e. The Morgan fingerprint density at radius 3 is 1.48 bits per heavy atom. The molecule has 1 N–H and O–H groups in total. The summed E-state index contributed by atoms with van der Waals surface area (Å²) >= 11 is 0. The first-order valence-corrected chi connectivity index (χ1v) is 14.0. The second kappa shape index (κ2) is 8.83. The van der Waals surface area contributed by atoms with Crippen LogP contribution >= 0.6 is 0 Å². The van der Waals surface area contributed by atoms with Gasteiger partial charge in [-0.05, 0) is 50.5 Å². The minimum atomic E-state index is -2.64. The Morgan fingerprint density at radius 1 is 0.606 bits per heavy atom. The number of rotatable bonds is 5. The minimum absolute atomic E-state index is 0.0580. The molecule has 0 aliphatic heterocycles. The van der Waals surface area contributed by atoms with Crippen molar-refractivity contribution < 1.29 is 0 Å². The summed E-state index contributed by atoms with van der Waals surface area (Å²) in [5.74, 6) is 0. The fourth-order valence-electron chi connectivity index (χ4n) is 5.14. The Kier molecular flexibility index (Phi) is 6.24. The van der Waals surface area contributed by atoms with Gasteiger partial charge in [-0.25, -0.2) is 0 Å². The molecule has 0 fully saturated rings. The van der Waals surface area contributed by atoms with Crippen molar-refractivity contribution in [3.63, 3.8) is 0 Å². The predicted octanol–water partition coefficient (Wildman–Crippen LogP) is 7.12. The number of nitrogens with one attached hydrogen (secondary N) is 1. The molecule has 0 atom stereocenters. The van der Waals surface area contributed by atoms with Gasteiger partial charge in [0, 0.05) is 5.69 Å². The van der Waals surface area contributed by atoms with Gasteiger partial charge >= 0.3 is 0 Å². The molecule has 0 spiro atoms. The number of allylic oxidation sites excluding steroid dienone is 4. The number of hydrogen-bond acceptors (Lipinski definition) is 1. The molecule has 0 unspecified atom stereocenters. The van der Waals surface area contributed by atoms with Gasteiger partial charge in [0.25, 0.3) is 8.24 Å². The molecular formula is C31H37NSi. The van der Waals surface area contributed by atoms with E-state index in [9.17, 15) is 0 Å². The first-order valence-electron chi connectivity index (χ1n) is 12.0. The van der Waals surface area contributed by atoms with Crippen LogP contribution in [-0.4, -0.2) is 8.24 Å². The quantitative estimate of drug-likeness (QED) is 0.407. The maximum atomic E-state index is 4.21. The first kappa shape index (κ1) is 23.3. The zero-order valence-electron chi connectivity index (χ0n) is 20.9. The van der Waals surface area contributed by atoms with Crippen molar-refractivity contribution in [2.45, 2.75) is 48.0 Å². The fourth-order valence-corrected chi connectivity index (χ4v) is 10.3. The lowest BCUT2D eigenvalue weighted by Crippen LogP contribution is -2.67. The number of hydrogen-bond donors (Lipinski definition) is 1. The average molecular weight is 452 g/mol. The smallest absolute Gasteiger partial charge is 0.250 e. The maximum Gasteiger partial charge on any atom is 0.250 e. The monoisotopic (exact) mass is 451 g/mol. The molecule has 1 aliphatic carbocycles. The molecule has 0 saturated carbocycles. The molecule has 4 rings (SSSR count). The van der Waals surface area contributed by atoms with E-state index >= 15 is 0 Å². The standard InChI is InChI=1S/C31H37NSi/c1-30(2,3)27-22-23-28(31(4,5)6)29(27)33(25-18-12-8-13-19-25,26-20-14-9-15-21-26)32-24-16-10-7-11-17-24/h7-22,32H,23H2,1-6H3. The first-order chi connectivity index (χ1) is 15.6. The Balaban J connectivity index is 2.14. The second-order valence-corrected chi connectivity index (χ2v) is 14.6. The third-order valence-corrected chi connectivity index (χ3v) is 11.1. The van der Waals surface area contributed by atoms with Crippen LogP contribution in [0.2, 0.25) is 0 Å². The number of para-hydroxylation sites is 1. The molecule has 0 saturated heterocycles. The molecule has 1 aliphatic rings. The van der Waals surface area contributed by atoms with Gasteiger partial charge in [-0.3, -0.25) is 0 Å². The normalized spacial score (nSPS) is 14.9. The third-order valence-electron chi connectivity index (χ3n) is 6.69. The summed E-state index contributed by atoms with van der Waals surface area (Å²) in [6.07, 6.45) is 3.53. The average Bonchev–Trinajstić information content (AvgIpc) is 3.26. The summed E-state index contributed by atoms with van der Waals surface area (Å²) in [5, 5.41) is 4.35. The molecule has 3 aromatic carbocycles. The molecule has 0 heterocycles. The maximum absolute atomic E-state index is 4.21. The summed E-state index contributed by atoms with van der Waals surface area (Å²) in [7, 11) is -2.64. The van der Waals surface area contributed by atoms with Crippen LogP contribution in [0.25, 0.3) is 0 Å². The molecule has 0 aromatic heterocycles. The van der Waals surface area contributed by atoms with E-state index in [-0.39, 0.29) is 10.8 Å². The molecule has 0 amide bonds. The van der Waals surface area contributed by atoms with E-state index in [0.717, 1.165) is 6.42 Å². The molecule has 33 heavy (non-hydrogen) atoms. The SMILES string of the molecule is CC(C)(C)C1=CCC(C(C)(C)C)=C1[Si](Nc1ccccc1)(c1ccccc1)c1ccccc1. The molecule has 170 valence electrons. The van der Waals surface area contributed by atoms with Crippen molar-refractivity contribution in [2.24, 2.45) is 10.8 Å². The zero-order valence-corrected chi connectivity index (χ0v) is 21.9. The molecule has 0 bridgehead atoms. The summed E-state index contributed by atoms with van der Waals surface area (Å²) in [6.45, 7) is 14.2. The summed E-state index contributed by atoms with van der Waals surface area (Å²) < 4.78 is 0. The van der Waals surface area contributed by atoms with Crippen molar-refractivity contribution in [1.29, 1.82) is 0 Å². The summed E-state index contributed by atoms with van der Waals surface area (Å²) in [6, 6.07) is 33.1. The Labute approximate surface area is 201 Å². The van der Waals surface area contributed by atoms with E-state index < -0.39 is 8.24 Å². The van der Waals surface area contributed by atoms with Crippen LogP contribution in [0, 0.1) is 10.8 Å². The summed E-state index contributed by atoms with van der Waals surface area (Å²) in [4.78, 5) is 4.21. The van der Waals surface area contributed by atoms with Gasteiger partial charge in [-0.1, -0.05) is 132 Å². The fraction of sp³-hybridized carbons (Fsp3) is 0.290. The van der Waals surface area contributed by atoms with E-state index in [0.29, 0.717) is 0 Å². The highest BCUT2D eigenvalue weighted by Gasteiger charge is 2.49. The van der Waals surface area contributed by atoms with Crippen molar-refractivity contribution in [1.82, 2.24) is 0 Å². The lowest BCUT2D eigenvalue weighted by atomic mass is 9.83. The van der Waals surface area contributed by atoms with E-state index in [4.69, 9.17) is 0 Å². The van der Waals surface area contributed by atoms with Crippen LogP contribution in [0.3, 0.4) is 0 Å². The number of benzene rings is 3. The van der Waals surface area contributed by atoms with Crippen LogP contribution in [-0.2, 0) is 0 Å². The predicted molar refractivity (Wildman–Crippen MR) is 147 cm³/mol. The van der Waals surface area contributed by atoms with Crippen molar-refractivity contribution in [3.8, 4) is 0 Å². The highest BCUT2D eigenvalue weighted by Crippen LogP contribution is 2.47. The third kappa shape index (κ3) is 4.50. The highest BCUT2D eigenvalue weighted by atomic mass is 28.3. The van der Waals surface area contributed by atoms with Crippen LogP contribution in [0.15, 0.2) is 113 Å². The molecule has 2 heteroatoms. The van der Waals surface area contributed by atoms with Crippen LogP contribution in [0.1, 0.15) is 48.0 Å². The van der Waals surface area contributed by atoms with Crippen LogP contribution in [0.5, 0.6) is 0 Å².